The minimum atomic E-state index is -0.560. The Bertz CT molecular complexity index is 1290. The number of fused-ring (bicyclic) bond motifs is 1. The van der Waals surface area contributed by atoms with Crippen molar-refractivity contribution < 1.29 is 14.9 Å². The second-order valence-electron chi connectivity index (χ2n) is 8.85. The SMILES string of the molecule is COc1ccccc1CNc1nc(C)c(-c2nc3ccccc3s2)c(N[C@@H]2C[C@H](CO)C[C@H]2O)n1. The number of methoxy groups -OCH3 is 1. The number of aliphatic hydroxyl groups is 2. The highest BCUT2D eigenvalue weighted by atomic mass is 32.1. The fourth-order valence-corrected chi connectivity index (χ4v) is 5.68. The number of anilines is 2. The van der Waals surface area contributed by atoms with Crippen molar-refractivity contribution >= 4 is 33.3 Å². The molecule has 2 aromatic carbocycles. The van der Waals surface area contributed by atoms with Crippen LogP contribution in [0, 0.1) is 12.8 Å². The first-order chi connectivity index (χ1) is 17.1. The number of benzene rings is 2. The molecule has 2 aromatic heterocycles. The predicted molar refractivity (Wildman–Crippen MR) is 139 cm³/mol. The molecule has 0 amide bonds. The molecule has 8 nitrogen and oxygen atoms in total. The van der Waals surface area contributed by atoms with Gasteiger partial charge in [-0.05, 0) is 43.9 Å². The summed E-state index contributed by atoms with van der Waals surface area (Å²) < 4.78 is 6.55. The normalized spacial score (nSPS) is 19.7. The quantitative estimate of drug-likeness (QED) is 0.290. The van der Waals surface area contributed by atoms with Crippen molar-refractivity contribution in [1.82, 2.24) is 15.0 Å². The van der Waals surface area contributed by atoms with E-state index in [1.165, 1.54) is 0 Å². The largest absolute Gasteiger partial charge is 0.496 e. The molecule has 1 fully saturated rings. The summed E-state index contributed by atoms with van der Waals surface area (Å²) in [6, 6.07) is 15.6. The lowest BCUT2D eigenvalue weighted by Crippen LogP contribution is -2.29. The van der Waals surface area contributed by atoms with E-state index in [0.29, 0.717) is 31.2 Å². The third kappa shape index (κ3) is 4.93. The van der Waals surface area contributed by atoms with Crippen molar-refractivity contribution in [3.05, 3.63) is 59.8 Å². The first-order valence-electron chi connectivity index (χ1n) is 11.7. The average molecular weight is 492 g/mol. The number of nitrogens with zero attached hydrogens (tertiary/aromatic N) is 3. The molecule has 182 valence electrons. The fourth-order valence-electron chi connectivity index (χ4n) is 4.61. The molecule has 4 N–H and O–H groups in total. The summed E-state index contributed by atoms with van der Waals surface area (Å²) in [5, 5.41) is 27.8. The highest BCUT2D eigenvalue weighted by Crippen LogP contribution is 2.38. The van der Waals surface area contributed by atoms with Gasteiger partial charge in [0.15, 0.2) is 0 Å². The van der Waals surface area contributed by atoms with Crippen molar-refractivity contribution in [2.75, 3.05) is 24.4 Å². The summed E-state index contributed by atoms with van der Waals surface area (Å²) in [6.45, 7) is 2.51. The van der Waals surface area contributed by atoms with Crippen LogP contribution in [-0.4, -0.2) is 51.0 Å². The maximum Gasteiger partial charge on any atom is 0.225 e. The smallest absolute Gasteiger partial charge is 0.225 e. The van der Waals surface area contributed by atoms with E-state index >= 15 is 0 Å². The third-order valence-electron chi connectivity index (χ3n) is 6.43. The maximum absolute atomic E-state index is 10.6. The molecule has 0 radical (unpaired) electrons. The van der Waals surface area contributed by atoms with Crippen LogP contribution in [0.3, 0.4) is 0 Å². The van der Waals surface area contributed by atoms with E-state index in [-0.39, 0.29) is 18.6 Å². The maximum atomic E-state index is 10.6. The molecular weight excluding hydrogens is 462 g/mol. The zero-order valence-corrected chi connectivity index (χ0v) is 20.5. The van der Waals surface area contributed by atoms with Gasteiger partial charge in [-0.15, -0.1) is 11.3 Å². The number of rotatable bonds is 8. The van der Waals surface area contributed by atoms with Gasteiger partial charge in [-0.2, -0.15) is 4.98 Å². The van der Waals surface area contributed by atoms with Crippen LogP contribution >= 0.6 is 11.3 Å². The minimum Gasteiger partial charge on any atom is -0.496 e. The summed E-state index contributed by atoms with van der Waals surface area (Å²) >= 11 is 1.59. The number of nitrogens with one attached hydrogen (secondary N) is 2. The Hall–Kier alpha value is -3.27. The Morgan fingerprint density at radius 1 is 1.06 bits per heavy atom. The molecule has 0 aliphatic heterocycles. The van der Waals surface area contributed by atoms with Gasteiger partial charge in [0.1, 0.15) is 16.6 Å². The van der Waals surface area contributed by atoms with Crippen LogP contribution in [0.2, 0.25) is 0 Å². The van der Waals surface area contributed by atoms with Gasteiger partial charge in [-0.25, -0.2) is 9.97 Å². The first kappa shape index (κ1) is 23.5. The van der Waals surface area contributed by atoms with Gasteiger partial charge in [-0.3, -0.25) is 0 Å². The van der Waals surface area contributed by atoms with Gasteiger partial charge in [0.25, 0.3) is 0 Å². The molecule has 1 aliphatic rings. The second kappa shape index (κ2) is 10.2. The molecular formula is C26H29N5O3S. The lowest BCUT2D eigenvalue weighted by Gasteiger charge is -2.20. The van der Waals surface area contributed by atoms with Crippen molar-refractivity contribution in [2.45, 2.75) is 38.5 Å². The third-order valence-corrected chi connectivity index (χ3v) is 7.49. The molecule has 2 heterocycles. The first-order valence-corrected chi connectivity index (χ1v) is 12.5. The van der Waals surface area contributed by atoms with Crippen LogP contribution in [0.25, 0.3) is 20.8 Å². The van der Waals surface area contributed by atoms with Gasteiger partial charge in [-0.1, -0.05) is 30.3 Å². The lowest BCUT2D eigenvalue weighted by molar-refractivity contribution is 0.157. The monoisotopic (exact) mass is 491 g/mol. The van der Waals surface area contributed by atoms with Gasteiger partial charge in [0, 0.05) is 18.7 Å². The molecule has 0 unspecified atom stereocenters. The van der Waals surface area contributed by atoms with Crippen LogP contribution < -0.4 is 15.4 Å². The van der Waals surface area contributed by atoms with Gasteiger partial charge >= 0.3 is 0 Å². The standard InChI is InChI=1S/C26H29N5O3S/c1-15-23(25-30-18-8-4-6-10-22(18)35-25)24(29-19-11-16(14-32)12-20(19)33)31-26(28-15)27-13-17-7-3-5-9-21(17)34-2/h3-10,16,19-20,32-33H,11-14H2,1-2H3,(H2,27,28,29,31)/t16-,19+,20+/m0/s1. The Balaban J connectivity index is 1.50. The lowest BCUT2D eigenvalue weighted by atomic mass is 10.1. The zero-order chi connectivity index (χ0) is 24.4. The molecule has 9 heteroatoms. The molecule has 3 atom stereocenters. The van der Waals surface area contributed by atoms with E-state index in [2.05, 4.69) is 16.7 Å². The number of aryl methyl sites for hydroxylation is 1. The molecule has 35 heavy (non-hydrogen) atoms. The van der Waals surface area contributed by atoms with E-state index < -0.39 is 6.10 Å². The van der Waals surface area contributed by atoms with E-state index in [4.69, 9.17) is 19.7 Å². The Morgan fingerprint density at radius 3 is 2.63 bits per heavy atom. The fraction of sp³-hybridized carbons (Fsp3) is 0.346. The van der Waals surface area contributed by atoms with E-state index in [9.17, 15) is 10.2 Å². The van der Waals surface area contributed by atoms with Crippen LogP contribution in [0.5, 0.6) is 5.75 Å². The number of aromatic nitrogens is 3. The van der Waals surface area contributed by atoms with Crippen LogP contribution in [0.15, 0.2) is 48.5 Å². The number of thiazole rings is 1. The van der Waals surface area contributed by atoms with Crippen LogP contribution in [0.4, 0.5) is 11.8 Å². The average Bonchev–Trinajstić information content (AvgIpc) is 3.45. The second-order valence-corrected chi connectivity index (χ2v) is 9.88. The van der Waals surface area contributed by atoms with Crippen molar-refractivity contribution in [2.24, 2.45) is 5.92 Å². The molecule has 0 bridgehead atoms. The van der Waals surface area contributed by atoms with Crippen molar-refractivity contribution in [3.8, 4) is 16.3 Å². The van der Waals surface area contributed by atoms with Crippen LogP contribution in [0.1, 0.15) is 24.1 Å². The van der Waals surface area contributed by atoms with E-state index in [1.54, 1.807) is 18.4 Å². The summed E-state index contributed by atoms with van der Waals surface area (Å²) in [5.41, 5.74) is 3.54. The molecule has 5 rings (SSSR count). The Morgan fingerprint density at radius 2 is 1.86 bits per heavy atom. The minimum absolute atomic E-state index is 0.0640. The number of ether oxygens (including phenoxy) is 1. The highest BCUT2D eigenvalue weighted by Gasteiger charge is 2.33. The summed E-state index contributed by atoms with van der Waals surface area (Å²) in [4.78, 5) is 14.4. The van der Waals surface area contributed by atoms with Crippen LogP contribution in [-0.2, 0) is 6.54 Å². The van der Waals surface area contributed by atoms with Gasteiger partial charge < -0.3 is 25.6 Å². The summed E-state index contributed by atoms with van der Waals surface area (Å²) in [5.74, 6) is 1.97. The summed E-state index contributed by atoms with van der Waals surface area (Å²) in [7, 11) is 1.65. The molecule has 4 aromatic rings. The van der Waals surface area contributed by atoms with E-state index in [0.717, 1.165) is 37.8 Å². The van der Waals surface area contributed by atoms with Gasteiger partial charge in [0.2, 0.25) is 5.95 Å². The Labute approximate surface area is 208 Å². The number of para-hydroxylation sites is 2. The number of aliphatic hydroxyl groups excluding tert-OH is 2. The predicted octanol–water partition coefficient (Wildman–Crippen LogP) is 4.23. The van der Waals surface area contributed by atoms with Crippen molar-refractivity contribution in [3.63, 3.8) is 0 Å². The van der Waals surface area contributed by atoms with E-state index in [1.807, 2.05) is 49.4 Å². The molecule has 1 aliphatic carbocycles. The topological polar surface area (TPSA) is 112 Å². The zero-order valence-electron chi connectivity index (χ0n) is 19.7. The molecule has 0 saturated heterocycles. The summed E-state index contributed by atoms with van der Waals surface area (Å²) in [6.07, 6.45) is 0.674. The number of hydrogen-bond acceptors (Lipinski definition) is 9. The molecule has 0 spiro atoms. The van der Waals surface area contributed by atoms with Crippen molar-refractivity contribution in [1.29, 1.82) is 0 Å². The molecule has 1 saturated carbocycles. The number of hydrogen-bond donors (Lipinski definition) is 4. The Kier molecular flexibility index (Phi) is 6.81. The van der Waals surface area contributed by atoms with Gasteiger partial charge in [0.05, 0.1) is 40.7 Å². The highest BCUT2D eigenvalue weighted by molar-refractivity contribution is 7.21.